The number of aryl methyl sites for hydroxylation is 6. The second-order valence-electron chi connectivity index (χ2n) is 30.2. The lowest BCUT2D eigenvalue weighted by Crippen LogP contribution is -2.30. The molecule has 2 fully saturated rings. The molecule has 12 heteroatoms. The number of nitrogens with one attached hydrogen (secondary N) is 4. The monoisotopic (exact) mass is 1500 g/mol. The third kappa shape index (κ3) is 36.8. The Morgan fingerprint density at radius 3 is 1.65 bits per heavy atom. The van der Waals surface area contributed by atoms with Gasteiger partial charge in [0.15, 0.2) is 5.78 Å². The number of carbonyl (C=O) groups excluding carboxylic acids is 4. The molecule has 1 heterocycles. The molecule has 6 unspecified atom stereocenters. The van der Waals surface area contributed by atoms with Crippen molar-refractivity contribution >= 4 is 46.6 Å². The molecular weight excluding hydrogens is 1350 g/mol. The van der Waals surface area contributed by atoms with Gasteiger partial charge in [0.2, 0.25) is 17.7 Å². The van der Waals surface area contributed by atoms with E-state index in [4.69, 9.17) is 0 Å². The van der Waals surface area contributed by atoms with Gasteiger partial charge in [-0.05, 0) is 255 Å². The number of halogens is 1. The third-order valence-electron chi connectivity index (χ3n) is 20.8. The van der Waals surface area contributed by atoms with E-state index in [1.54, 1.807) is 36.4 Å². The fourth-order valence-electron chi connectivity index (χ4n) is 13.3. The number of hydrogen-bond acceptors (Lipinski definition) is 8. The van der Waals surface area contributed by atoms with Gasteiger partial charge in [0.25, 0.3) is 0 Å². The highest BCUT2D eigenvalue weighted by atomic mass is 32.2. The van der Waals surface area contributed by atoms with Crippen molar-refractivity contribution in [2.24, 2.45) is 35.5 Å². The minimum absolute atomic E-state index is 0.0308. The Morgan fingerprint density at radius 1 is 0.602 bits per heavy atom. The van der Waals surface area contributed by atoms with Crippen LogP contribution in [0.1, 0.15) is 248 Å². The van der Waals surface area contributed by atoms with Crippen LogP contribution < -0.4 is 26.2 Å². The minimum Gasteiger partial charge on any atom is -0.508 e. The first-order valence-corrected chi connectivity index (χ1v) is 42.4. The standard InChI is InChI=1S/C16H16O2.C14H14S.C13H20.C12H16FNO.C12H23NO.C12H17N.C9H20N2O.C8H16/c1-10-4-6-13(7-5-10)14-8-15(12(3)17)11(2)16(18)9-14;1-11-3-5-12(6-4-11)13-7-9-14(15-2)10-8-13;1-4-11(2)5-8-13-9-6-12(3)7-10-13;1-3-5-12(15)14-11-7-6-9(4-2)8-10(11)13;1-3-5-8-13-12(14)11-7-6-10(4-2)9-11;1-3-10-5-6-12-11(9-10)7-8-13(12)4-2;1-4-5-11-9(12)6-8(2)7-10-3;1-3-8-5-4-7(2)6-8/h4-9,18H,1-3H3;3-10H,1-2H3;6-7,9-11H,4-5,8H2,1-3H3;6-8H,3-5H2,1-2H3,(H,14,15);10-11H,3-9H2,1-2H3,(H,13,14);5-6,9H,3-4,7-8H2,1-2H3;8,10H,4-7H2,1-3H3,(H,11,12);7-8H,3-6H2,1-2H3. The summed E-state index contributed by atoms with van der Waals surface area (Å²) in [6, 6.07) is 49.6. The molecule has 0 aromatic heterocycles. The Balaban J connectivity index is 0.000000322. The highest BCUT2D eigenvalue weighted by Gasteiger charge is 2.28. The molecule has 10 rings (SSSR count). The predicted molar refractivity (Wildman–Crippen MR) is 464 cm³/mol. The molecule has 10 nitrogen and oxygen atoms in total. The van der Waals surface area contributed by atoms with Gasteiger partial charge in [-0.2, -0.15) is 0 Å². The summed E-state index contributed by atoms with van der Waals surface area (Å²) in [5.41, 5.74) is 16.6. The fraction of sp³-hybridized carbons (Fsp3) is 0.521. The number of phenolic OH excluding ortho intramolecular Hbond substituents is 1. The summed E-state index contributed by atoms with van der Waals surface area (Å²) in [7, 11) is 1.90. The number of carbonyl (C=O) groups is 4. The van der Waals surface area contributed by atoms with Crippen LogP contribution >= 0.6 is 11.8 Å². The molecule has 1 aliphatic heterocycles. The first kappa shape index (κ1) is 94.7. The fourth-order valence-corrected chi connectivity index (χ4v) is 13.7. The number of ketones is 1. The van der Waals surface area contributed by atoms with Crippen LogP contribution in [-0.4, -0.2) is 74.6 Å². The molecule has 2 saturated carbocycles. The van der Waals surface area contributed by atoms with Crippen molar-refractivity contribution < 1.29 is 28.7 Å². The van der Waals surface area contributed by atoms with Gasteiger partial charge in [0.05, 0.1) is 5.69 Å². The molecule has 0 spiro atoms. The summed E-state index contributed by atoms with van der Waals surface area (Å²) in [6.45, 7) is 40.5. The number of hydrogen-bond donors (Lipinski definition) is 5. The van der Waals surface area contributed by atoms with Crippen molar-refractivity contribution in [1.29, 1.82) is 0 Å². The van der Waals surface area contributed by atoms with Crippen LogP contribution in [0, 0.1) is 69.0 Å². The van der Waals surface area contributed by atoms with Crippen LogP contribution in [0.3, 0.4) is 0 Å². The van der Waals surface area contributed by atoms with Gasteiger partial charge >= 0.3 is 0 Å². The zero-order chi connectivity index (χ0) is 79.9. The molecule has 5 N–H and O–H groups in total. The number of likely N-dealkylation sites (N-methyl/N-ethyl adjacent to an activating group) is 1. The van der Waals surface area contributed by atoms with Gasteiger partial charge in [0, 0.05) is 66.6 Å². The van der Waals surface area contributed by atoms with Crippen LogP contribution in [0.25, 0.3) is 22.3 Å². The molecule has 6 atom stereocenters. The molecule has 0 radical (unpaired) electrons. The van der Waals surface area contributed by atoms with Crippen molar-refractivity contribution in [3.63, 3.8) is 0 Å². The van der Waals surface area contributed by atoms with Gasteiger partial charge in [-0.3, -0.25) is 19.2 Å². The Kier molecular flexibility index (Phi) is 47.4. The number of aromatic hydroxyl groups is 1. The largest absolute Gasteiger partial charge is 0.508 e. The number of nitrogens with zero attached hydrogens (tertiary/aromatic N) is 1. The molecule has 7 aromatic rings. The number of fused-ring (bicyclic) bond motifs is 1. The molecule has 108 heavy (non-hydrogen) atoms. The molecule has 0 saturated heterocycles. The summed E-state index contributed by atoms with van der Waals surface area (Å²) in [5, 5.41) is 21.4. The Labute approximate surface area is 659 Å². The van der Waals surface area contributed by atoms with Gasteiger partial charge in [-0.25, -0.2) is 4.39 Å². The zero-order valence-corrected chi connectivity index (χ0v) is 71.1. The topological polar surface area (TPSA) is 140 Å². The number of Topliss-reactive ketones (excluding diaryl/α,β-unsaturated/α-hetero) is 1. The van der Waals surface area contributed by atoms with E-state index < -0.39 is 0 Å². The smallest absolute Gasteiger partial charge is 0.224 e. The van der Waals surface area contributed by atoms with Gasteiger partial charge in [-0.15, -0.1) is 11.8 Å². The maximum Gasteiger partial charge on any atom is 0.224 e. The number of thioether (sulfide) groups is 1. The van der Waals surface area contributed by atoms with E-state index in [2.05, 4.69) is 207 Å². The average molecular weight is 1500 g/mol. The predicted octanol–water partition coefficient (Wildman–Crippen LogP) is 24.3. The summed E-state index contributed by atoms with van der Waals surface area (Å²) >= 11 is 1.78. The minimum atomic E-state index is -0.362. The second-order valence-corrected chi connectivity index (χ2v) is 31.1. The SMILES string of the molecule is CC(=O)c1cc(-c2ccc(C)cc2)cc(O)c1C.CCC(C)CCc1ccc(C)cc1.CCC1CCC(C)C1.CCCC(=O)Nc1ccc(CC)cc1F.CCCCNC(=O)C1CCC(CC)C1.CCCNC(=O)CC(C)CNC.CCc1ccc2c(c1)CCN2CC.CSc1ccc(-c2ccc(C)cc2)cc1. The van der Waals surface area contributed by atoms with Crippen LogP contribution in [-0.2, 0) is 40.1 Å². The number of unbranched alkanes of at least 4 members (excludes halogenated alkanes) is 1. The second kappa shape index (κ2) is 54.1. The lowest BCUT2D eigenvalue weighted by Gasteiger charge is -2.16. The van der Waals surface area contributed by atoms with E-state index in [9.17, 15) is 28.7 Å². The molecular formula is C96H142FN5O5S. The first-order valence-electron chi connectivity index (χ1n) is 41.1. The van der Waals surface area contributed by atoms with Crippen LogP contribution in [0.2, 0.25) is 0 Å². The quantitative estimate of drug-likeness (QED) is 0.0205. The Morgan fingerprint density at radius 2 is 1.16 bits per heavy atom. The van der Waals surface area contributed by atoms with Gasteiger partial charge in [0.1, 0.15) is 11.6 Å². The van der Waals surface area contributed by atoms with E-state index >= 15 is 0 Å². The molecule has 7 aromatic carbocycles. The molecule has 0 bridgehead atoms. The van der Waals surface area contributed by atoms with E-state index in [-0.39, 0.29) is 34.9 Å². The summed E-state index contributed by atoms with van der Waals surface area (Å²) in [5.74, 6) is 4.61. The van der Waals surface area contributed by atoms with Crippen LogP contribution in [0.4, 0.5) is 15.8 Å². The number of amides is 3. The highest BCUT2D eigenvalue weighted by molar-refractivity contribution is 7.98. The third-order valence-corrected chi connectivity index (χ3v) is 21.6. The van der Waals surface area contributed by atoms with Crippen molar-refractivity contribution in [3.05, 3.63) is 201 Å². The van der Waals surface area contributed by atoms with Gasteiger partial charge in [-0.1, -0.05) is 235 Å². The summed E-state index contributed by atoms with van der Waals surface area (Å²) in [6.07, 6.45) is 24.8. The van der Waals surface area contributed by atoms with E-state index in [1.807, 2.05) is 64.2 Å². The van der Waals surface area contributed by atoms with E-state index in [1.165, 1.54) is 133 Å². The number of anilines is 2. The van der Waals surface area contributed by atoms with E-state index in [0.717, 1.165) is 118 Å². The van der Waals surface area contributed by atoms with Crippen molar-refractivity contribution in [1.82, 2.24) is 16.0 Å². The number of rotatable bonds is 26. The van der Waals surface area contributed by atoms with E-state index in [0.29, 0.717) is 41.7 Å². The zero-order valence-electron chi connectivity index (χ0n) is 70.3. The van der Waals surface area contributed by atoms with Crippen LogP contribution in [0.15, 0.2) is 150 Å². The Hall–Kier alpha value is -7.54. The Bertz CT molecular complexity index is 3650. The van der Waals surface area contributed by atoms with Crippen LogP contribution in [0.5, 0.6) is 5.75 Å². The molecule has 2 aliphatic carbocycles. The first-order chi connectivity index (χ1) is 51.8. The lowest BCUT2D eigenvalue weighted by atomic mass is 9.96. The van der Waals surface area contributed by atoms with Crippen molar-refractivity contribution in [3.8, 4) is 28.0 Å². The molecule has 594 valence electrons. The summed E-state index contributed by atoms with van der Waals surface area (Å²) < 4.78 is 13.4. The maximum atomic E-state index is 13.4. The van der Waals surface area contributed by atoms with Gasteiger partial charge < -0.3 is 31.3 Å². The average Bonchev–Trinajstić information content (AvgIpc) is 1.26. The number of benzene rings is 7. The lowest BCUT2D eigenvalue weighted by molar-refractivity contribution is -0.125. The highest BCUT2D eigenvalue weighted by Crippen LogP contribution is 2.35. The maximum absolute atomic E-state index is 13.4. The molecule has 3 aliphatic rings. The number of phenols is 1. The normalized spacial score (nSPS) is 15.5. The van der Waals surface area contributed by atoms with Crippen molar-refractivity contribution in [2.45, 2.75) is 251 Å². The molecule has 3 amide bonds. The summed E-state index contributed by atoms with van der Waals surface area (Å²) in [4.78, 5) is 49.4. The van der Waals surface area contributed by atoms with Crippen molar-refractivity contribution in [2.75, 3.05) is 56.2 Å².